The first-order valence-electron chi connectivity index (χ1n) is 5.89. The van der Waals surface area contributed by atoms with Crippen molar-refractivity contribution in [2.24, 2.45) is 5.73 Å². The van der Waals surface area contributed by atoms with Crippen LogP contribution in [0.3, 0.4) is 0 Å². The highest BCUT2D eigenvalue weighted by Crippen LogP contribution is 2.15. The summed E-state index contributed by atoms with van der Waals surface area (Å²) < 4.78 is 5.46. The zero-order chi connectivity index (χ0) is 11.6. The van der Waals surface area contributed by atoms with E-state index in [1.807, 2.05) is 12.1 Å². The molecule has 0 aromatic heterocycles. The van der Waals surface area contributed by atoms with E-state index in [9.17, 15) is 0 Å². The molecule has 0 amide bonds. The molecule has 0 atom stereocenters. The Morgan fingerprint density at radius 1 is 1.19 bits per heavy atom. The van der Waals surface area contributed by atoms with E-state index in [0.717, 1.165) is 31.4 Å². The van der Waals surface area contributed by atoms with Gasteiger partial charge >= 0.3 is 0 Å². The molecule has 1 aromatic carbocycles. The number of hydrogen-bond acceptors (Lipinski definition) is 3. The molecular formula is C13H21NO2. The molecule has 0 spiro atoms. The molecule has 0 bridgehead atoms. The minimum Gasteiger partial charge on any atom is -0.492 e. The van der Waals surface area contributed by atoms with Crippen LogP contribution in [0.2, 0.25) is 0 Å². The van der Waals surface area contributed by atoms with Gasteiger partial charge in [0, 0.05) is 13.2 Å². The number of benzene rings is 1. The summed E-state index contributed by atoms with van der Waals surface area (Å²) in [5, 5.41) is 8.67. The van der Waals surface area contributed by atoms with Crippen molar-refractivity contribution in [1.82, 2.24) is 0 Å². The van der Waals surface area contributed by atoms with Crippen LogP contribution in [0.5, 0.6) is 5.75 Å². The number of hydrogen-bond donors (Lipinski definition) is 2. The normalized spacial score (nSPS) is 10.4. The van der Waals surface area contributed by atoms with Crippen LogP contribution in [0.25, 0.3) is 0 Å². The quantitative estimate of drug-likeness (QED) is 0.660. The first-order valence-corrected chi connectivity index (χ1v) is 5.89. The maximum absolute atomic E-state index is 8.67. The van der Waals surface area contributed by atoms with E-state index >= 15 is 0 Å². The molecule has 3 N–H and O–H groups in total. The molecule has 3 nitrogen and oxygen atoms in total. The van der Waals surface area contributed by atoms with E-state index in [4.69, 9.17) is 15.6 Å². The molecule has 0 saturated carbocycles. The SMILES string of the molecule is NCCOc1cccc(CCCCCO)c1. The molecule has 0 heterocycles. The average Bonchev–Trinajstić information content (AvgIpc) is 2.33. The number of aliphatic hydroxyl groups is 1. The number of nitrogens with two attached hydrogens (primary N) is 1. The first-order chi connectivity index (χ1) is 7.86. The molecule has 0 aliphatic rings. The second-order valence-electron chi connectivity index (χ2n) is 3.82. The Labute approximate surface area is 97.2 Å². The second kappa shape index (κ2) is 8.13. The standard InChI is InChI=1S/C13H21NO2/c14-8-10-16-13-7-4-6-12(11-13)5-2-1-3-9-15/h4,6-7,11,15H,1-3,5,8-10,14H2. The summed E-state index contributed by atoms with van der Waals surface area (Å²) in [6.07, 6.45) is 4.12. The Bertz CT molecular complexity index is 289. The smallest absolute Gasteiger partial charge is 0.119 e. The van der Waals surface area contributed by atoms with Crippen molar-refractivity contribution in [2.75, 3.05) is 19.8 Å². The predicted molar refractivity (Wildman–Crippen MR) is 65.6 cm³/mol. The topological polar surface area (TPSA) is 55.5 Å². The Hall–Kier alpha value is -1.06. The summed E-state index contributed by atoms with van der Waals surface area (Å²) in [5.74, 6) is 0.894. The van der Waals surface area contributed by atoms with Gasteiger partial charge in [0.1, 0.15) is 12.4 Å². The minimum atomic E-state index is 0.291. The van der Waals surface area contributed by atoms with Crippen molar-refractivity contribution >= 4 is 0 Å². The van der Waals surface area contributed by atoms with Gasteiger partial charge in [-0.3, -0.25) is 0 Å². The third-order valence-corrected chi connectivity index (χ3v) is 2.41. The fourth-order valence-electron chi connectivity index (χ4n) is 1.59. The zero-order valence-electron chi connectivity index (χ0n) is 9.69. The summed E-state index contributed by atoms with van der Waals surface area (Å²) in [5.41, 5.74) is 6.66. The summed E-state index contributed by atoms with van der Waals surface area (Å²) in [6.45, 7) is 1.40. The van der Waals surface area contributed by atoms with Gasteiger partial charge in [-0.2, -0.15) is 0 Å². The van der Waals surface area contributed by atoms with Gasteiger partial charge in [-0.05, 0) is 37.0 Å². The Morgan fingerprint density at radius 3 is 2.81 bits per heavy atom. The third-order valence-electron chi connectivity index (χ3n) is 2.41. The lowest BCUT2D eigenvalue weighted by atomic mass is 10.1. The van der Waals surface area contributed by atoms with Crippen LogP contribution in [0, 0.1) is 0 Å². The summed E-state index contributed by atoms with van der Waals surface area (Å²) >= 11 is 0. The summed E-state index contributed by atoms with van der Waals surface area (Å²) in [7, 11) is 0. The fourth-order valence-corrected chi connectivity index (χ4v) is 1.59. The van der Waals surface area contributed by atoms with Crippen LogP contribution in [0.15, 0.2) is 24.3 Å². The Morgan fingerprint density at radius 2 is 2.06 bits per heavy atom. The van der Waals surface area contributed by atoms with Gasteiger partial charge in [0.15, 0.2) is 0 Å². The van der Waals surface area contributed by atoms with E-state index in [1.54, 1.807) is 0 Å². The lowest BCUT2D eigenvalue weighted by molar-refractivity contribution is 0.283. The minimum absolute atomic E-state index is 0.291. The second-order valence-corrected chi connectivity index (χ2v) is 3.82. The van der Waals surface area contributed by atoms with E-state index in [0.29, 0.717) is 19.8 Å². The highest BCUT2D eigenvalue weighted by atomic mass is 16.5. The monoisotopic (exact) mass is 223 g/mol. The molecule has 16 heavy (non-hydrogen) atoms. The zero-order valence-corrected chi connectivity index (χ0v) is 9.69. The summed E-state index contributed by atoms with van der Waals surface area (Å²) in [4.78, 5) is 0. The molecule has 1 aromatic rings. The molecule has 0 unspecified atom stereocenters. The Balaban J connectivity index is 2.35. The molecule has 1 rings (SSSR count). The number of ether oxygens (including phenoxy) is 1. The summed E-state index contributed by atoms with van der Waals surface area (Å²) in [6, 6.07) is 8.13. The van der Waals surface area contributed by atoms with Crippen LogP contribution >= 0.6 is 0 Å². The van der Waals surface area contributed by atoms with E-state index in [1.165, 1.54) is 5.56 Å². The van der Waals surface area contributed by atoms with Crippen molar-refractivity contribution in [2.45, 2.75) is 25.7 Å². The lowest BCUT2D eigenvalue weighted by Gasteiger charge is -2.06. The van der Waals surface area contributed by atoms with Crippen LogP contribution in [0.4, 0.5) is 0 Å². The van der Waals surface area contributed by atoms with Gasteiger partial charge < -0.3 is 15.6 Å². The van der Waals surface area contributed by atoms with Crippen molar-refractivity contribution < 1.29 is 9.84 Å². The van der Waals surface area contributed by atoms with Crippen LogP contribution < -0.4 is 10.5 Å². The predicted octanol–water partition coefficient (Wildman–Crippen LogP) is 1.73. The first kappa shape index (κ1) is 13.0. The van der Waals surface area contributed by atoms with Crippen LogP contribution in [-0.4, -0.2) is 24.9 Å². The van der Waals surface area contributed by atoms with Crippen molar-refractivity contribution in [3.8, 4) is 5.75 Å². The average molecular weight is 223 g/mol. The van der Waals surface area contributed by atoms with E-state index < -0.39 is 0 Å². The fraction of sp³-hybridized carbons (Fsp3) is 0.538. The van der Waals surface area contributed by atoms with Gasteiger partial charge in [-0.15, -0.1) is 0 Å². The molecule has 0 aliphatic carbocycles. The van der Waals surface area contributed by atoms with Crippen molar-refractivity contribution in [1.29, 1.82) is 0 Å². The van der Waals surface area contributed by atoms with Crippen molar-refractivity contribution in [3.63, 3.8) is 0 Å². The van der Waals surface area contributed by atoms with Crippen molar-refractivity contribution in [3.05, 3.63) is 29.8 Å². The van der Waals surface area contributed by atoms with Gasteiger partial charge in [-0.1, -0.05) is 18.6 Å². The molecule has 0 radical (unpaired) electrons. The highest BCUT2D eigenvalue weighted by molar-refractivity contribution is 5.28. The van der Waals surface area contributed by atoms with Gasteiger partial charge in [0.05, 0.1) is 0 Å². The van der Waals surface area contributed by atoms with Crippen LogP contribution in [0.1, 0.15) is 24.8 Å². The highest BCUT2D eigenvalue weighted by Gasteiger charge is 1.97. The van der Waals surface area contributed by atoms with Gasteiger partial charge in [0.25, 0.3) is 0 Å². The van der Waals surface area contributed by atoms with Gasteiger partial charge in [-0.25, -0.2) is 0 Å². The number of aliphatic hydroxyl groups excluding tert-OH is 1. The number of unbranched alkanes of at least 4 members (excludes halogenated alkanes) is 2. The molecule has 0 saturated heterocycles. The van der Waals surface area contributed by atoms with E-state index in [-0.39, 0.29) is 0 Å². The molecular weight excluding hydrogens is 202 g/mol. The molecule has 90 valence electrons. The third kappa shape index (κ3) is 5.14. The van der Waals surface area contributed by atoms with E-state index in [2.05, 4.69) is 12.1 Å². The van der Waals surface area contributed by atoms with Crippen LogP contribution in [-0.2, 0) is 6.42 Å². The molecule has 3 heteroatoms. The number of rotatable bonds is 8. The maximum Gasteiger partial charge on any atom is 0.119 e. The lowest BCUT2D eigenvalue weighted by Crippen LogP contribution is -2.10. The van der Waals surface area contributed by atoms with Gasteiger partial charge in [0.2, 0.25) is 0 Å². The molecule has 0 fully saturated rings. The molecule has 0 aliphatic heterocycles. The largest absolute Gasteiger partial charge is 0.492 e. The maximum atomic E-state index is 8.67. The number of aryl methyl sites for hydroxylation is 1. The Kier molecular flexibility index (Phi) is 6.61.